The van der Waals surface area contributed by atoms with E-state index in [1.54, 1.807) is 29.8 Å². The van der Waals surface area contributed by atoms with Crippen molar-refractivity contribution in [3.05, 3.63) is 30.4 Å². The molecular formula is C9H9N3O2. The molecular weight excluding hydrogens is 182 g/mol. The summed E-state index contributed by atoms with van der Waals surface area (Å²) in [5, 5.41) is 3.94. The summed E-state index contributed by atoms with van der Waals surface area (Å²) in [5.41, 5.74) is 0.956. The molecule has 0 aliphatic heterocycles. The average Bonchev–Trinajstić information content (AvgIpc) is 2.65. The first-order valence-corrected chi connectivity index (χ1v) is 4.28. The third-order valence-corrected chi connectivity index (χ3v) is 1.80. The lowest BCUT2D eigenvalue weighted by molar-refractivity contribution is 0.0521. The minimum Gasteiger partial charge on any atom is -0.461 e. The van der Waals surface area contributed by atoms with E-state index in [1.165, 1.54) is 6.33 Å². The smallest absolute Gasteiger partial charge is 0.359 e. The Balaban J connectivity index is 2.50. The molecule has 0 amide bonds. The maximum Gasteiger partial charge on any atom is 0.359 e. The fourth-order valence-electron chi connectivity index (χ4n) is 1.22. The first-order valence-electron chi connectivity index (χ1n) is 4.28. The molecule has 0 spiro atoms. The predicted molar refractivity (Wildman–Crippen MR) is 48.9 cm³/mol. The number of ether oxygens (including phenoxy) is 1. The van der Waals surface area contributed by atoms with Gasteiger partial charge in [0.1, 0.15) is 6.33 Å². The number of hydrogen-bond acceptors (Lipinski definition) is 4. The topological polar surface area (TPSA) is 56.5 Å². The van der Waals surface area contributed by atoms with Gasteiger partial charge in [-0.05, 0) is 19.1 Å². The molecule has 72 valence electrons. The maximum atomic E-state index is 11.4. The van der Waals surface area contributed by atoms with E-state index >= 15 is 0 Å². The summed E-state index contributed by atoms with van der Waals surface area (Å²) in [6.07, 6.45) is 3.08. The van der Waals surface area contributed by atoms with E-state index in [1.807, 2.05) is 0 Å². The Kier molecular flexibility index (Phi) is 2.14. The van der Waals surface area contributed by atoms with Crippen LogP contribution in [0, 0.1) is 0 Å². The van der Waals surface area contributed by atoms with Crippen molar-refractivity contribution in [3.8, 4) is 0 Å². The number of rotatable bonds is 2. The molecule has 2 rings (SSSR count). The summed E-state index contributed by atoms with van der Waals surface area (Å²) in [6, 6.07) is 3.57. The van der Waals surface area contributed by atoms with E-state index in [0.717, 1.165) is 0 Å². The second-order valence-electron chi connectivity index (χ2n) is 2.67. The number of hydrogen-bond donors (Lipinski definition) is 0. The highest BCUT2D eigenvalue weighted by Gasteiger charge is 2.12. The van der Waals surface area contributed by atoms with Crippen LogP contribution >= 0.6 is 0 Å². The van der Waals surface area contributed by atoms with Crippen LogP contribution in [0.25, 0.3) is 5.52 Å². The molecule has 0 N–H and O–H groups in total. The van der Waals surface area contributed by atoms with Gasteiger partial charge in [-0.25, -0.2) is 14.3 Å². The van der Waals surface area contributed by atoms with E-state index in [4.69, 9.17) is 4.74 Å². The Hall–Kier alpha value is -1.91. The van der Waals surface area contributed by atoms with Crippen LogP contribution < -0.4 is 0 Å². The molecule has 0 aromatic carbocycles. The lowest BCUT2D eigenvalue weighted by Gasteiger charge is -2.01. The summed E-state index contributed by atoms with van der Waals surface area (Å²) < 4.78 is 6.45. The van der Waals surface area contributed by atoms with Gasteiger partial charge in [0.25, 0.3) is 0 Å². The van der Waals surface area contributed by atoms with Crippen LogP contribution in [0.15, 0.2) is 24.7 Å². The van der Waals surface area contributed by atoms with Gasteiger partial charge < -0.3 is 4.74 Å². The summed E-state index contributed by atoms with van der Waals surface area (Å²) >= 11 is 0. The minimum atomic E-state index is -0.418. The number of carbonyl (C=O) groups is 1. The lowest BCUT2D eigenvalue weighted by atomic mass is 10.3. The molecule has 0 aliphatic carbocycles. The first-order chi connectivity index (χ1) is 6.83. The Morgan fingerprint density at radius 3 is 3.29 bits per heavy atom. The van der Waals surface area contributed by atoms with Crippen LogP contribution in [-0.4, -0.2) is 27.2 Å². The molecule has 0 aliphatic rings. The molecule has 2 aromatic heterocycles. The second kappa shape index (κ2) is 3.45. The molecule has 0 atom stereocenters. The van der Waals surface area contributed by atoms with E-state index in [-0.39, 0.29) is 0 Å². The van der Waals surface area contributed by atoms with Gasteiger partial charge in [-0.1, -0.05) is 0 Å². The third-order valence-electron chi connectivity index (χ3n) is 1.80. The van der Waals surface area contributed by atoms with Crippen molar-refractivity contribution in [1.82, 2.24) is 14.6 Å². The quantitative estimate of drug-likeness (QED) is 0.662. The molecule has 0 saturated heterocycles. The van der Waals surface area contributed by atoms with E-state index < -0.39 is 5.97 Å². The summed E-state index contributed by atoms with van der Waals surface area (Å²) in [4.78, 5) is 15.3. The minimum absolute atomic E-state index is 0.298. The van der Waals surface area contributed by atoms with Gasteiger partial charge in [0, 0.05) is 6.20 Å². The van der Waals surface area contributed by atoms with Gasteiger partial charge in [-0.15, -0.1) is 0 Å². The van der Waals surface area contributed by atoms with Crippen LogP contribution in [0.3, 0.4) is 0 Å². The molecule has 5 heteroatoms. The Morgan fingerprint density at radius 2 is 2.50 bits per heavy atom. The molecule has 0 bridgehead atoms. The van der Waals surface area contributed by atoms with Gasteiger partial charge in [-0.2, -0.15) is 5.10 Å². The van der Waals surface area contributed by atoms with Crippen molar-refractivity contribution < 1.29 is 9.53 Å². The fraction of sp³-hybridized carbons (Fsp3) is 0.222. The number of aromatic nitrogens is 3. The highest BCUT2D eigenvalue weighted by molar-refractivity contribution is 5.94. The monoisotopic (exact) mass is 191 g/mol. The molecule has 0 radical (unpaired) electrons. The van der Waals surface area contributed by atoms with E-state index in [9.17, 15) is 4.79 Å². The summed E-state index contributed by atoms with van der Waals surface area (Å²) in [6.45, 7) is 2.10. The largest absolute Gasteiger partial charge is 0.461 e. The normalized spacial score (nSPS) is 10.4. The highest BCUT2D eigenvalue weighted by atomic mass is 16.5. The number of nitrogens with zero attached hydrogens (tertiary/aromatic N) is 3. The Bertz CT molecular complexity index is 464. The summed E-state index contributed by atoms with van der Waals surface area (Å²) in [5.74, 6) is -0.418. The third kappa shape index (κ3) is 1.32. The van der Waals surface area contributed by atoms with Crippen molar-refractivity contribution in [2.75, 3.05) is 6.61 Å². The molecule has 2 heterocycles. The van der Waals surface area contributed by atoms with Crippen molar-refractivity contribution in [1.29, 1.82) is 0 Å². The first kappa shape index (κ1) is 8.68. The van der Waals surface area contributed by atoms with Crippen LogP contribution in [0.1, 0.15) is 17.4 Å². The highest BCUT2D eigenvalue weighted by Crippen LogP contribution is 2.08. The number of fused-ring (bicyclic) bond motifs is 1. The zero-order valence-corrected chi connectivity index (χ0v) is 7.67. The van der Waals surface area contributed by atoms with Crippen molar-refractivity contribution in [2.45, 2.75) is 6.92 Å². The van der Waals surface area contributed by atoms with E-state index in [2.05, 4.69) is 10.1 Å². The van der Waals surface area contributed by atoms with Gasteiger partial charge >= 0.3 is 5.97 Å². The SMILES string of the molecule is CCOC(=O)c1ncnn2cccc12. The summed E-state index contributed by atoms with van der Waals surface area (Å²) in [7, 11) is 0. The lowest BCUT2D eigenvalue weighted by Crippen LogP contribution is -2.09. The van der Waals surface area contributed by atoms with Crippen LogP contribution in [0.2, 0.25) is 0 Å². The molecule has 0 fully saturated rings. The van der Waals surface area contributed by atoms with E-state index in [0.29, 0.717) is 17.8 Å². The zero-order chi connectivity index (χ0) is 9.97. The molecule has 5 nitrogen and oxygen atoms in total. The van der Waals surface area contributed by atoms with Gasteiger partial charge in [-0.3, -0.25) is 0 Å². The van der Waals surface area contributed by atoms with Crippen LogP contribution in [0.4, 0.5) is 0 Å². The molecule has 14 heavy (non-hydrogen) atoms. The average molecular weight is 191 g/mol. The predicted octanol–water partition coefficient (Wildman–Crippen LogP) is 0.906. The fourth-order valence-corrected chi connectivity index (χ4v) is 1.22. The second-order valence-corrected chi connectivity index (χ2v) is 2.67. The number of carbonyl (C=O) groups excluding carboxylic acids is 1. The molecule has 2 aromatic rings. The van der Waals surface area contributed by atoms with Crippen molar-refractivity contribution in [3.63, 3.8) is 0 Å². The van der Waals surface area contributed by atoms with Gasteiger partial charge in [0.2, 0.25) is 0 Å². The van der Waals surface area contributed by atoms with Crippen LogP contribution in [-0.2, 0) is 4.74 Å². The van der Waals surface area contributed by atoms with Crippen LogP contribution in [0.5, 0.6) is 0 Å². The standard InChI is InChI=1S/C9H9N3O2/c1-2-14-9(13)8-7-4-3-5-12(7)11-6-10-8/h3-6H,2H2,1H3. The zero-order valence-electron chi connectivity index (χ0n) is 7.67. The maximum absolute atomic E-state index is 11.4. The Labute approximate surface area is 80.3 Å². The molecule has 0 unspecified atom stereocenters. The van der Waals surface area contributed by atoms with Crippen molar-refractivity contribution in [2.24, 2.45) is 0 Å². The van der Waals surface area contributed by atoms with Gasteiger partial charge in [0.05, 0.1) is 12.1 Å². The molecule has 0 saturated carbocycles. The van der Waals surface area contributed by atoms with Gasteiger partial charge in [0.15, 0.2) is 5.69 Å². The van der Waals surface area contributed by atoms with Crippen molar-refractivity contribution >= 4 is 11.5 Å². The Morgan fingerprint density at radius 1 is 1.64 bits per heavy atom. The number of esters is 1.